The van der Waals surface area contributed by atoms with E-state index in [0.29, 0.717) is 11.3 Å². The van der Waals surface area contributed by atoms with Gasteiger partial charge in [0.1, 0.15) is 0 Å². The molecule has 0 aliphatic heterocycles. The summed E-state index contributed by atoms with van der Waals surface area (Å²) in [6, 6.07) is 16.3. The van der Waals surface area contributed by atoms with Gasteiger partial charge in [-0.1, -0.05) is 30.3 Å². The van der Waals surface area contributed by atoms with Crippen LogP contribution in [0.4, 0.5) is 11.4 Å². The lowest BCUT2D eigenvalue weighted by Crippen LogP contribution is -2.13. The van der Waals surface area contributed by atoms with E-state index in [1.807, 2.05) is 30.3 Å². The summed E-state index contributed by atoms with van der Waals surface area (Å²) in [5.41, 5.74) is 7.45. The molecule has 0 heterocycles. The average molecular weight is 249 g/mol. The number of rotatable bonds is 2. The Kier molecular flexibility index (Phi) is 4.55. The number of carbonyl (C=O) groups excluding carboxylic acids is 1. The normalized spacial score (nSPS) is 9.18. The van der Waals surface area contributed by atoms with Crippen LogP contribution in [0, 0.1) is 0 Å². The molecule has 3 nitrogen and oxygen atoms in total. The van der Waals surface area contributed by atoms with Gasteiger partial charge in [-0.25, -0.2) is 0 Å². The van der Waals surface area contributed by atoms with E-state index in [1.54, 1.807) is 24.3 Å². The largest absolute Gasteiger partial charge is 0.398 e. The van der Waals surface area contributed by atoms with Gasteiger partial charge in [0.15, 0.2) is 0 Å². The molecular weight excluding hydrogens is 236 g/mol. The van der Waals surface area contributed by atoms with Crippen molar-refractivity contribution in [2.75, 3.05) is 11.1 Å². The van der Waals surface area contributed by atoms with Crippen molar-refractivity contribution < 1.29 is 4.79 Å². The van der Waals surface area contributed by atoms with Crippen LogP contribution < -0.4 is 11.1 Å². The van der Waals surface area contributed by atoms with E-state index in [0.717, 1.165) is 5.69 Å². The van der Waals surface area contributed by atoms with Gasteiger partial charge in [0.25, 0.3) is 5.91 Å². The van der Waals surface area contributed by atoms with Crippen molar-refractivity contribution in [1.29, 1.82) is 0 Å². The van der Waals surface area contributed by atoms with Gasteiger partial charge in [-0.3, -0.25) is 4.79 Å². The molecule has 0 saturated carbocycles. The van der Waals surface area contributed by atoms with E-state index < -0.39 is 0 Å². The monoisotopic (exact) mass is 248 g/mol. The predicted molar refractivity (Wildman–Crippen MR) is 72.5 cm³/mol. The summed E-state index contributed by atoms with van der Waals surface area (Å²) in [4.78, 5) is 11.8. The minimum absolute atomic E-state index is 0. The summed E-state index contributed by atoms with van der Waals surface area (Å²) in [6.07, 6.45) is 0. The first-order valence-corrected chi connectivity index (χ1v) is 4.98. The molecule has 0 fully saturated rings. The maximum atomic E-state index is 11.8. The standard InChI is InChI=1S/C13H12N2O.ClH/c14-12-9-5-4-8-11(12)13(16)15-10-6-2-1-3-7-10;/h1-9H,14H2,(H,15,16);1H. The van der Waals surface area contributed by atoms with Gasteiger partial charge in [0.2, 0.25) is 0 Å². The first-order chi connectivity index (χ1) is 7.77. The van der Waals surface area contributed by atoms with Gasteiger partial charge >= 0.3 is 0 Å². The van der Waals surface area contributed by atoms with Crippen molar-refractivity contribution >= 4 is 29.7 Å². The topological polar surface area (TPSA) is 55.1 Å². The smallest absolute Gasteiger partial charge is 0.257 e. The lowest BCUT2D eigenvalue weighted by atomic mass is 10.1. The fraction of sp³-hybridized carbons (Fsp3) is 0. The Labute approximate surface area is 106 Å². The Bertz CT molecular complexity index is 500. The molecule has 0 bridgehead atoms. The molecule has 2 aromatic carbocycles. The molecule has 2 rings (SSSR count). The zero-order valence-electron chi connectivity index (χ0n) is 9.09. The number of benzene rings is 2. The number of hydrogen-bond donors (Lipinski definition) is 2. The third kappa shape index (κ3) is 3.23. The molecule has 0 spiro atoms. The summed E-state index contributed by atoms with van der Waals surface area (Å²) >= 11 is 0. The Morgan fingerprint density at radius 2 is 1.53 bits per heavy atom. The Hall–Kier alpha value is -2.00. The summed E-state index contributed by atoms with van der Waals surface area (Å²) in [5, 5.41) is 2.78. The molecular formula is C13H13ClN2O. The van der Waals surface area contributed by atoms with Crippen molar-refractivity contribution in [2.24, 2.45) is 0 Å². The highest BCUT2D eigenvalue weighted by Gasteiger charge is 2.08. The van der Waals surface area contributed by atoms with Gasteiger partial charge < -0.3 is 11.1 Å². The molecule has 0 unspecified atom stereocenters. The van der Waals surface area contributed by atoms with Crippen LogP contribution in [0.5, 0.6) is 0 Å². The van der Waals surface area contributed by atoms with Crippen LogP contribution in [0.1, 0.15) is 10.4 Å². The van der Waals surface area contributed by atoms with E-state index in [1.165, 1.54) is 0 Å². The second kappa shape index (κ2) is 5.92. The molecule has 1 amide bonds. The SMILES string of the molecule is Cl.Nc1ccccc1C(=O)Nc1ccccc1. The van der Waals surface area contributed by atoms with Crippen LogP contribution in [0.25, 0.3) is 0 Å². The highest BCUT2D eigenvalue weighted by Crippen LogP contribution is 2.13. The molecule has 17 heavy (non-hydrogen) atoms. The van der Waals surface area contributed by atoms with E-state index in [9.17, 15) is 4.79 Å². The van der Waals surface area contributed by atoms with Crippen molar-refractivity contribution in [3.05, 3.63) is 60.2 Å². The third-order valence-electron chi connectivity index (χ3n) is 2.24. The number of nitrogens with one attached hydrogen (secondary N) is 1. The molecule has 3 N–H and O–H groups in total. The van der Waals surface area contributed by atoms with Crippen LogP contribution >= 0.6 is 12.4 Å². The fourth-order valence-electron chi connectivity index (χ4n) is 1.42. The van der Waals surface area contributed by atoms with Gasteiger partial charge in [-0.15, -0.1) is 12.4 Å². The number of halogens is 1. The van der Waals surface area contributed by atoms with Crippen LogP contribution in [0.15, 0.2) is 54.6 Å². The number of para-hydroxylation sites is 2. The van der Waals surface area contributed by atoms with E-state index in [4.69, 9.17) is 5.73 Å². The molecule has 0 aliphatic rings. The van der Waals surface area contributed by atoms with Crippen molar-refractivity contribution in [3.63, 3.8) is 0 Å². The maximum absolute atomic E-state index is 11.8. The molecule has 0 atom stereocenters. The van der Waals surface area contributed by atoms with Crippen LogP contribution in [-0.4, -0.2) is 5.91 Å². The number of carbonyl (C=O) groups is 1. The van der Waals surface area contributed by atoms with E-state index in [2.05, 4.69) is 5.32 Å². The molecule has 4 heteroatoms. The van der Waals surface area contributed by atoms with E-state index in [-0.39, 0.29) is 18.3 Å². The highest BCUT2D eigenvalue weighted by molar-refractivity contribution is 6.07. The molecule has 2 aromatic rings. The molecule has 0 radical (unpaired) electrons. The molecule has 88 valence electrons. The Morgan fingerprint density at radius 1 is 0.941 bits per heavy atom. The second-order valence-electron chi connectivity index (χ2n) is 3.41. The quantitative estimate of drug-likeness (QED) is 0.803. The zero-order valence-corrected chi connectivity index (χ0v) is 9.91. The predicted octanol–water partition coefficient (Wildman–Crippen LogP) is 2.94. The minimum Gasteiger partial charge on any atom is -0.398 e. The van der Waals surface area contributed by atoms with Crippen LogP contribution in [0.2, 0.25) is 0 Å². The number of nitrogens with two attached hydrogens (primary N) is 1. The van der Waals surface area contributed by atoms with Crippen LogP contribution in [0.3, 0.4) is 0 Å². The van der Waals surface area contributed by atoms with Gasteiger partial charge in [0.05, 0.1) is 5.56 Å². The summed E-state index contributed by atoms with van der Waals surface area (Å²) in [6.45, 7) is 0. The number of nitrogen functional groups attached to an aromatic ring is 1. The number of hydrogen-bond acceptors (Lipinski definition) is 2. The summed E-state index contributed by atoms with van der Waals surface area (Å²) in [5.74, 6) is -0.190. The fourth-order valence-corrected chi connectivity index (χ4v) is 1.42. The lowest BCUT2D eigenvalue weighted by molar-refractivity contribution is 0.102. The maximum Gasteiger partial charge on any atom is 0.257 e. The third-order valence-corrected chi connectivity index (χ3v) is 2.24. The first kappa shape index (κ1) is 13.1. The van der Waals surface area contributed by atoms with Gasteiger partial charge in [-0.05, 0) is 24.3 Å². The summed E-state index contributed by atoms with van der Waals surface area (Å²) in [7, 11) is 0. The Morgan fingerprint density at radius 3 is 2.18 bits per heavy atom. The molecule has 0 saturated heterocycles. The van der Waals surface area contributed by atoms with Gasteiger partial charge in [0, 0.05) is 11.4 Å². The number of anilines is 2. The van der Waals surface area contributed by atoms with Crippen molar-refractivity contribution in [3.8, 4) is 0 Å². The first-order valence-electron chi connectivity index (χ1n) is 4.98. The van der Waals surface area contributed by atoms with Crippen molar-refractivity contribution in [2.45, 2.75) is 0 Å². The molecule has 0 aliphatic carbocycles. The second-order valence-corrected chi connectivity index (χ2v) is 3.41. The lowest BCUT2D eigenvalue weighted by Gasteiger charge is -2.06. The number of amides is 1. The minimum atomic E-state index is -0.190. The highest BCUT2D eigenvalue weighted by atomic mass is 35.5. The molecule has 0 aromatic heterocycles. The zero-order chi connectivity index (χ0) is 11.4. The summed E-state index contributed by atoms with van der Waals surface area (Å²) < 4.78 is 0. The van der Waals surface area contributed by atoms with Crippen LogP contribution in [-0.2, 0) is 0 Å². The Balaban J connectivity index is 0.00000144. The van der Waals surface area contributed by atoms with Gasteiger partial charge in [-0.2, -0.15) is 0 Å². The van der Waals surface area contributed by atoms with E-state index >= 15 is 0 Å². The average Bonchev–Trinajstić information content (AvgIpc) is 2.31. The van der Waals surface area contributed by atoms with Crippen molar-refractivity contribution in [1.82, 2.24) is 0 Å².